The van der Waals surface area contributed by atoms with Crippen LogP contribution in [-0.2, 0) is 22.4 Å². The van der Waals surface area contributed by atoms with Crippen LogP contribution in [0.4, 0.5) is 0 Å². The van der Waals surface area contributed by atoms with Gasteiger partial charge in [-0.05, 0) is 95.8 Å². The minimum Gasteiger partial charge on any atom is -0.481 e. The van der Waals surface area contributed by atoms with E-state index < -0.39 is 22.8 Å². The molecule has 26 heavy (non-hydrogen) atoms. The van der Waals surface area contributed by atoms with Gasteiger partial charge in [-0.3, -0.25) is 9.59 Å². The molecule has 2 N–H and O–H groups in total. The van der Waals surface area contributed by atoms with E-state index in [9.17, 15) is 19.8 Å². The Hall–Kier alpha value is -1.84. The number of benzene rings is 1. The van der Waals surface area contributed by atoms with Crippen LogP contribution in [0.15, 0.2) is 12.1 Å². The molecule has 4 heteroatoms. The van der Waals surface area contributed by atoms with Crippen molar-refractivity contribution in [1.82, 2.24) is 0 Å². The molecule has 0 heterocycles. The predicted octanol–water partition coefficient (Wildman–Crippen LogP) is 4.92. The van der Waals surface area contributed by atoms with Gasteiger partial charge in [0, 0.05) is 0 Å². The summed E-state index contributed by atoms with van der Waals surface area (Å²) in [5.41, 5.74) is 3.96. The van der Waals surface area contributed by atoms with E-state index >= 15 is 0 Å². The lowest BCUT2D eigenvalue weighted by Gasteiger charge is -2.20. The SMILES string of the molecule is Cc1cc(C)c(CCCC2(C(=O)O)CC2)c(CCCC(C)(C)C(=O)O)c1. The van der Waals surface area contributed by atoms with Gasteiger partial charge in [0.25, 0.3) is 0 Å². The maximum Gasteiger partial charge on any atom is 0.309 e. The first-order valence-corrected chi connectivity index (χ1v) is 9.63. The third-order valence-corrected chi connectivity index (χ3v) is 5.93. The average molecular weight is 360 g/mol. The minimum atomic E-state index is -0.749. The molecule has 0 amide bonds. The van der Waals surface area contributed by atoms with Crippen molar-refractivity contribution in [1.29, 1.82) is 0 Å². The molecule has 0 aromatic heterocycles. The van der Waals surface area contributed by atoms with Crippen LogP contribution in [0.25, 0.3) is 0 Å². The Morgan fingerprint density at radius 3 is 2.27 bits per heavy atom. The average Bonchev–Trinajstić information content (AvgIpc) is 3.30. The van der Waals surface area contributed by atoms with Gasteiger partial charge in [-0.1, -0.05) is 17.7 Å². The number of aliphatic carboxylic acids is 2. The summed E-state index contributed by atoms with van der Waals surface area (Å²) in [6, 6.07) is 4.39. The lowest BCUT2D eigenvalue weighted by Crippen LogP contribution is -2.23. The monoisotopic (exact) mass is 360 g/mol. The Labute approximate surface area is 156 Å². The van der Waals surface area contributed by atoms with Crippen molar-refractivity contribution in [3.05, 3.63) is 34.4 Å². The van der Waals surface area contributed by atoms with Crippen LogP contribution in [0.2, 0.25) is 0 Å². The Bertz CT molecular complexity index is 684. The highest BCUT2D eigenvalue weighted by atomic mass is 16.4. The number of carbonyl (C=O) groups is 2. The van der Waals surface area contributed by atoms with E-state index in [0.29, 0.717) is 6.42 Å². The van der Waals surface area contributed by atoms with E-state index in [-0.39, 0.29) is 0 Å². The smallest absolute Gasteiger partial charge is 0.309 e. The molecule has 1 aliphatic carbocycles. The second-order valence-corrected chi connectivity index (χ2v) is 8.70. The van der Waals surface area contributed by atoms with Gasteiger partial charge in [0.2, 0.25) is 0 Å². The number of rotatable bonds is 10. The molecule has 1 fully saturated rings. The largest absolute Gasteiger partial charge is 0.481 e. The lowest BCUT2D eigenvalue weighted by molar-refractivity contribution is -0.147. The Morgan fingerprint density at radius 1 is 1.08 bits per heavy atom. The molecule has 1 aromatic rings. The highest BCUT2D eigenvalue weighted by Crippen LogP contribution is 2.50. The first kappa shape index (κ1) is 20.5. The van der Waals surface area contributed by atoms with Crippen molar-refractivity contribution < 1.29 is 19.8 Å². The summed E-state index contributed by atoms with van der Waals surface area (Å²) in [7, 11) is 0. The van der Waals surface area contributed by atoms with Crippen molar-refractivity contribution >= 4 is 11.9 Å². The van der Waals surface area contributed by atoms with E-state index in [2.05, 4.69) is 26.0 Å². The normalized spacial score (nSPS) is 15.7. The van der Waals surface area contributed by atoms with Crippen LogP contribution >= 0.6 is 0 Å². The molecule has 144 valence electrons. The number of hydrogen-bond acceptors (Lipinski definition) is 2. The molecule has 1 aliphatic rings. The highest BCUT2D eigenvalue weighted by Gasteiger charge is 2.49. The molecule has 1 saturated carbocycles. The van der Waals surface area contributed by atoms with Gasteiger partial charge in [-0.25, -0.2) is 0 Å². The predicted molar refractivity (Wildman–Crippen MR) is 103 cm³/mol. The fourth-order valence-electron chi connectivity index (χ4n) is 3.82. The maximum atomic E-state index is 11.3. The van der Waals surface area contributed by atoms with Gasteiger partial charge in [-0.15, -0.1) is 0 Å². The van der Waals surface area contributed by atoms with Crippen molar-refractivity contribution in [3.8, 4) is 0 Å². The number of carboxylic acid groups (broad SMARTS) is 2. The molecule has 0 spiro atoms. The van der Waals surface area contributed by atoms with E-state index in [1.807, 2.05) is 0 Å². The first-order chi connectivity index (χ1) is 12.1. The topological polar surface area (TPSA) is 74.6 Å². The number of hydrogen-bond donors (Lipinski definition) is 2. The molecule has 4 nitrogen and oxygen atoms in total. The van der Waals surface area contributed by atoms with Crippen molar-refractivity contribution in [2.24, 2.45) is 10.8 Å². The summed E-state index contributed by atoms with van der Waals surface area (Å²) < 4.78 is 0. The van der Waals surface area contributed by atoms with Crippen LogP contribution in [0.5, 0.6) is 0 Å². The van der Waals surface area contributed by atoms with Crippen molar-refractivity contribution in [2.75, 3.05) is 0 Å². The zero-order valence-electron chi connectivity index (χ0n) is 16.5. The molecule has 0 unspecified atom stereocenters. The zero-order valence-corrected chi connectivity index (χ0v) is 16.5. The molecule has 2 rings (SSSR count). The molecule has 0 aliphatic heterocycles. The van der Waals surface area contributed by atoms with E-state index in [0.717, 1.165) is 44.9 Å². The number of carboxylic acids is 2. The third-order valence-electron chi connectivity index (χ3n) is 5.93. The molecule has 0 radical (unpaired) electrons. The van der Waals surface area contributed by atoms with E-state index in [1.54, 1.807) is 13.8 Å². The summed E-state index contributed by atoms with van der Waals surface area (Å²) in [5, 5.41) is 18.6. The van der Waals surface area contributed by atoms with E-state index in [1.165, 1.54) is 22.3 Å². The lowest BCUT2D eigenvalue weighted by atomic mass is 9.85. The van der Waals surface area contributed by atoms with Gasteiger partial charge >= 0.3 is 11.9 Å². The van der Waals surface area contributed by atoms with E-state index in [4.69, 9.17) is 0 Å². The summed E-state index contributed by atoms with van der Waals surface area (Å²) >= 11 is 0. The molecule has 0 atom stereocenters. The minimum absolute atomic E-state index is 0.454. The fraction of sp³-hybridized carbons (Fsp3) is 0.636. The van der Waals surface area contributed by atoms with Crippen LogP contribution in [0.3, 0.4) is 0 Å². The third kappa shape index (κ3) is 4.87. The van der Waals surface area contributed by atoms with Crippen molar-refractivity contribution in [2.45, 2.75) is 79.1 Å². The molecule has 1 aromatic carbocycles. The van der Waals surface area contributed by atoms with Crippen LogP contribution in [0, 0.1) is 24.7 Å². The van der Waals surface area contributed by atoms with Crippen LogP contribution < -0.4 is 0 Å². The molecular weight excluding hydrogens is 328 g/mol. The highest BCUT2D eigenvalue weighted by molar-refractivity contribution is 5.77. The Kier molecular flexibility index (Phi) is 6.15. The van der Waals surface area contributed by atoms with Gasteiger partial charge in [0.05, 0.1) is 10.8 Å². The van der Waals surface area contributed by atoms with Gasteiger partial charge in [0.15, 0.2) is 0 Å². The van der Waals surface area contributed by atoms with Crippen molar-refractivity contribution in [3.63, 3.8) is 0 Å². The molecule has 0 bridgehead atoms. The standard InChI is InChI=1S/C22H32O4/c1-15-13-16(2)18(8-6-10-22(11-12-22)20(25)26)17(14-15)7-5-9-21(3,4)19(23)24/h13-14H,5-12H2,1-4H3,(H,23,24)(H,25,26). The second-order valence-electron chi connectivity index (χ2n) is 8.70. The molecule has 0 saturated heterocycles. The second kappa shape index (κ2) is 7.81. The van der Waals surface area contributed by atoms with Gasteiger partial charge in [0.1, 0.15) is 0 Å². The first-order valence-electron chi connectivity index (χ1n) is 9.63. The van der Waals surface area contributed by atoms with Crippen LogP contribution in [-0.4, -0.2) is 22.2 Å². The van der Waals surface area contributed by atoms with Crippen LogP contribution in [0.1, 0.15) is 74.6 Å². The Morgan fingerprint density at radius 2 is 1.73 bits per heavy atom. The summed E-state index contributed by atoms with van der Waals surface area (Å²) in [4.78, 5) is 22.6. The number of aryl methyl sites for hydroxylation is 3. The Balaban J connectivity index is 2.01. The summed E-state index contributed by atoms with van der Waals surface area (Å²) in [5.74, 6) is -1.39. The summed E-state index contributed by atoms with van der Waals surface area (Å²) in [6.45, 7) is 7.76. The summed E-state index contributed by atoms with van der Waals surface area (Å²) in [6.07, 6.45) is 6.53. The fourth-order valence-corrected chi connectivity index (χ4v) is 3.82. The van der Waals surface area contributed by atoms with Gasteiger partial charge < -0.3 is 10.2 Å². The maximum absolute atomic E-state index is 11.3. The van der Waals surface area contributed by atoms with Gasteiger partial charge in [-0.2, -0.15) is 0 Å². The molecular formula is C22H32O4. The zero-order chi connectivity index (χ0) is 19.5. The quantitative estimate of drug-likeness (QED) is 0.621.